The number of rotatable bonds is 11. The van der Waals surface area contributed by atoms with E-state index < -0.39 is 5.91 Å². The number of hydrogen-bond donors (Lipinski definition) is 6. The van der Waals surface area contributed by atoms with Crippen molar-refractivity contribution in [3.8, 4) is 0 Å². The molecule has 1 aliphatic rings. The third-order valence-corrected chi connectivity index (χ3v) is 4.86. The highest BCUT2D eigenvalue weighted by molar-refractivity contribution is 5.92. The van der Waals surface area contributed by atoms with Crippen molar-refractivity contribution in [1.82, 2.24) is 25.9 Å². The van der Waals surface area contributed by atoms with E-state index in [1.54, 1.807) is 26.1 Å². The predicted octanol–water partition coefficient (Wildman–Crippen LogP) is 1.36. The Morgan fingerprint density at radius 1 is 1.21 bits per heavy atom. The number of primary amides is 1. The van der Waals surface area contributed by atoms with E-state index >= 15 is 0 Å². The average molecular weight is 536 g/mol. The first-order chi connectivity index (χ1) is 17.8. The number of likely N-dealkylation sites (N-methyl/N-ethyl adjacent to an activating group) is 1. The molecule has 1 aromatic heterocycles. The van der Waals surface area contributed by atoms with Crippen LogP contribution in [0.25, 0.3) is 0 Å². The fourth-order valence-electron chi connectivity index (χ4n) is 2.89. The maximum absolute atomic E-state index is 11.1. The summed E-state index contributed by atoms with van der Waals surface area (Å²) in [5.41, 5.74) is 12.6. The molecular formula is C26H49N9O3. The molecule has 1 fully saturated rings. The molecule has 0 spiro atoms. The van der Waals surface area contributed by atoms with Crippen molar-refractivity contribution in [3.05, 3.63) is 42.0 Å². The van der Waals surface area contributed by atoms with Crippen LogP contribution < -0.4 is 32.7 Å². The molecular weight excluding hydrogens is 486 g/mol. The number of hydrogen-bond acceptors (Lipinski definition) is 9. The number of anilines is 1. The van der Waals surface area contributed by atoms with Crippen molar-refractivity contribution in [2.24, 2.45) is 16.5 Å². The van der Waals surface area contributed by atoms with Gasteiger partial charge in [0.15, 0.2) is 0 Å². The van der Waals surface area contributed by atoms with Crippen LogP contribution in [-0.4, -0.2) is 81.1 Å². The first-order valence-electron chi connectivity index (χ1n) is 12.4. The van der Waals surface area contributed by atoms with Gasteiger partial charge in [-0.15, -0.1) is 0 Å². The van der Waals surface area contributed by atoms with E-state index in [0.29, 0.717) is 37.8 Å². The first-order valence-corrected chi connectivity index (χ1v) is 12.4. The SMILES string of the molecule is C.C=C/C(=C\C(N)=NCCNC(=O)CC)NC.CCc1nc(C(N)=O)cnc1NC1CCOCC1.CNC. The Hall–Kier alpha value is -3.51. The van der Waals surface area contributed by atoms with Gasteiger partial charge < -0.3 is 37.5 Å². The van der Waals surface area contributed by atoms with Crippen LogP contribution in [0.2, 0.25) is 0 Å². The standard InChI is InChI=1S/C12H18N4O2.C11H20N4O.C2H7N.CH4/c1-2-9-12(14-7-10(16-9)11(13)17)15-8-3-5-18-6-4-8;1-4-9(13-3)8-10(12)14-6-7-15-11(16)5-2;1-3-2;/h7-8H,2-6H2,1H3,(H2,13,17)(H,14,15);4,8,13H,1,5-7H2,2-3H3,(H2,12,14)(H,15,16);3H,1-2H3;1H4/b;9-8+;;. The second-order valence-corrected chi connectivity index (χ2v) is 7.86. The smallest absolute Gasteiger partial charge is 0.268 e. The first kappa shape index (κ1) is 36.6. The maximum atomic E-state index is 11.1. The summed E-state index contributed by atoms with van der Waals surface area (Å²) in [6, 6.07) is 0.359. The zero-order valence-electron chi connectivity index (χ0n) is 22.9. The highest BCUT2D eigenvalue weighted by Crippen LogP contribution is 2.16. The second kappa shape index (κ2) is 22.7. The number of nitrogens with two attached hydrogens (primary N) is 2. The highest BCUT2D eigenvalue weighted by Gasteiger charge is 2.16. The fraction of sp³-hybridized carbons (Fsp3) is 0.577. The molecule has 0 atom stereocenters. The van der Waals surface area contributed by atoms with E-state index in [1.807, 2.05) is 21.0 Å². The minimum Gasteiger partial charge on any atom is -0.388 e. The molecule has 0 radical (unpaired) electrons. The Kier molecular flexibility index (Phi) is 21.9. The lowest BCUT2D eigenvalue weighted by molar-refractivity contribution is -0.120. The van der Waals surface area contributed by atoms with Crippen LogP contribution in [0.3, 0.4) is 0 Å². The molecule has 1 saturated heterocycles. The normalized spacial score (nSPS) is 13.4. The number of nitrogens with one attached hydrogen (secondary N) is 4. The Balaban J connectivity index is 0. The number of aryl methyl sites for hydroxylation is 1. The molecule has 0 bridgehead atoms. The Morgan fingerprint density at radius 2 is 1.84 bits per heavy atom. The van der Waals surface area contributed by atoms with Gasteiger partial charge in [-0.05, 0) is 39.4 Å². The van der Waals surface area contributed by atoms with E-state index in [9.17, 15) is 9.59 Å². The molecule has 0 aliphatic carbocycles. The summed E-state index contributed by atoms with van der Waals surface area (Å²) in [4.78, 5) is 34.5. The van der Waals surface area contributed by atoms with E-state index in [-0.39, 0.29) is 19.0 Å². The molecule has 38 heavy (non-hydrogen) atoms. The molecule has 1 aliphatic heterocycles. The summed E-state index contributed by atoms with van der Waals surface area (Å²) in [7, 11) is 5.53. The number of aliphatic imine (C=N–C) groups is 1. The van der Waals surface area contributed by atoms with Gasteiger partial charge in [-0.25, -0.2) is 9.97 Å². The summed E-state index contributed by atoms with van der Waals surface area (Å²) in [6.07, 6.45) is 7.88. The number of nitrogens with zero attached hydrogens (tertiary/aromatic N) is 3. The Morgan fingerprint density at radius 3 is 2.34 bits per heavy atom. The molecule has 2 heterocycles. The van der Waals surface area contributed by atoms with Crippen LogP contribution in [0.1, 0.15) is 56.7 Å². The second-order valence-electron chi connectivity index (χ2n) is 7.86. The third-order valence-electron chi connectivity index (χ3n) is 4.86. The number of ether oxygens (including phenoxy) is 1. The highest BCUT2D eigenvalue weighted by atomic mass is 16.5. The molecule has 1 aromatic rings. The summed E-state index contributed by atoms with van der Waals surface area (Å²) >= 11 is 0. The van der Waals surface area contributed by atoms with Crippen LogP contribution in [0.15, 0.2) is 35.6 Å². The van der Waals surface area contributed by atoms with E-state index in [1.165, 1.54) is 6.20 Å². The van der Waals surface area contributed by atoms with Gasteiger partial charge in [-0.2, -0.15) is 0 Å². The summed E-state index contributed by atoms with van der Waals surface area (Å²) in [6.45, 7) is 9.92. The molecule has 0 aromatic carbocycles. The topological polar surface area (TPSA) is 182 Å². The lowest BCUT2D eigenvalue weighted by Gasteiger charge is -2.24. The van der Waals surface area contributed by atoms with Crippen LogP contribution in [-0.2, 0) is 16.0 Å². The minimum atomic E-state index is -0.546. The molecule has 0 unspecified atom stereocenters. The number of amides is 2. The summed E-state index contributed by atoms with van der Waals surface area (Å²) < 4.78 is 5.31. The van der Waals surface area contributed by atoms with Crippen LogP contribution in [0, 0.1) is 0 Å². The number of carbonyl (C=O) groups excluding carboxylic acids is 2. The molecule has 12 nitrogen and oxygen atoms in total. The van der Waals surface area contributed by atoms with Crippen molar-refractivity contribution < 1.29 is 14.3 Å². The van der Waals surface area contributed by atoms with Crippen LogP contribution in [0.4, 0.5) is 5.82 Å². The number of carbonyl (C=O) groups is 2. The van der Waals surface area contributed by atoms with E-state index in [0.717, 1.165) is 43.3 Å². The average Bonchev–Trinajstić information content (AvgIpc) is 2.91. The Bertz CT molecular complexity index is 883. The third kappa shape index (κ3) is 16.3. The molecule has 0 saturated carbocycles. The van der Waals surface area contributed by atoms with Gasteiger partial charge in [0.25, 0.3) is 5.91 Å². The molecule has 2 amide bonds. The number of amidine groups is 1. The van der Waals surface area contributed by atoms with Gasteiger partial charge in [-0.1, -0.05) is 27.9 Å². The van der Waals surface area contributed by atoms with Crippen LogP contribution in [0.5, 0.6) is 0 Å². The quantitative estimate of drug-likeness (QED) is 0.105. The van der Waals surface area contributed by atoms with Crippen LogP contribution >= 0.6 is 0 Å². The van der Waals surface area contributed by atoms with Gasteiger partial charge >= 0.3 is 0 Å². The van der Waals surface area contributed by atoms with Gasteiger partial charge in [0.05, 0.1) is 18.4 Å². The molecule has 216 valence electrons. The van der Waals surface area contributed by atoms with Gasteiger partial charge in [-0.3, -0.25) is 14.6 Å². The van der Waals surface area contributed by atoms with Crippen molar-refractivity contribution in [3.63, 3.8) is 0 Å². The lowest BCUT2D eigenvalue weighted by atomic mass is 10.1. The number of allylic oxidation sites excluding steroid dienone is 1. The van der Waals surface area contributed by atoms with Crippen molar-refractivity contribution in [1.29, 1.82) is 0 Å². The van der Waals surface area contributed by atoms with E-state index in [4.69, 9.17) is 16.2 Å². The van der Waals surface area contributed by atoms with E-state index in [2.05, 4.69) is 42.8 Å². The van der Waals surface area contributed by atoms with Gasteiger partial charge in [0, 0.05) is 51.0 Å². The fourth-order valence-corrected chi connectivity index (χ4v) is 2.89. The zero-order valence-corrected chi connectivity index (χ0v) is 22.9. The summed E-state index contributed by atoms with van der Waals surface area (Å²) in [5, 5.41) is 11.7. The molecule has 2 rings (SSSR count). The maximum Gasteiger partial charge on any atom is 0.268 e. The monoisotopic (exact) mass is 535 g/mol. The lowest BCUT2D eigenvalue weighted by Crippen LogP contribution is -2.29. The van der Waals surface area contributed by atoms with Crippen molar-refractivity contribution in [2.45, 2.75) is 53.0 Å². The summed E-state index contributed by atoms with van der Waals surface area (Å²) in [5.74, 6) is 0.630. The zero-order chi connectivity index (χ0) is 28.1. The number of aromatic nitrogens is 2. The molecule has 8 N–H and O–H groups in total. The predicted molar refractivity (Wildman–Crippen MR) is 156 cm³/mol. The van der Waals surface area contributed by atoms with Crippen molar-refractivity contribution >= 4 is 23.5 Å². The largest absolute Gasteiger partial charge is 0.388 e. The molecule has 12 heteroatoms. The minimum absolute atomic E-state index is 0. The van der Waals surface area contributed by atoms with Gasteiger partial charge in [0.1, 0.15) is 17.3 Å². The van der Waals surface area contributed by atoms with Gasteiger partial charge in [0.2, 0.25) is 5.91 Å². The van der Waals surface area contributed by atoms with Crippen molar-refractivity contribution in [2.75, 3.05) is 52.8 Å². The Labute approximate surface area is 228 Å².